The average molecular weight is 322 g/mol. The molecular weight excluding hydrogens is 304 g/mol. The van der Waals surface area contributed by atoms with Gasteiger partial charge in [0.1, 0.15) is 0 Å². The van der Waals surface area contributed by atoms with E-state index < -0.39 is 5.97 Å². The van der Waals surface area contributed by atoms with E-state index in [2.05, 4.69) is 10.3 Å². The van der Waals surface area contributed by atoms with Crippen LogP contribution in [0.5, 0.6) is 11.5 Å². The molecule has 0 amide bonds. The van der Waals surface area contributed by atoms with Crippen LogP contribution in [0.3, 0.4) is 0 Å². The van der Waals surface area contributed by atoms with Gasteiger partial charge in [0.2, 0.25) is 0 Å². The predicted molar refractivity (Wildman–Crippen MR) is 84.9 cm³/mol. The molecule has 0 fully saturated rings. The van der Waals surface area contributed by atoms with Crippen LogP contribution in [-0.4, -0.2) is 29.8 Å². The Labute approximate surface area is 132 Å². The van der Waals surface area contributed by atoms with E-state index in [9.17, 15) is 4.79 Å². The minimum atomic E-state index is -0.886. The maximum absolute atomic E-state index is 10.7. The van der Waals surface area contributed by atoms with Crippen LogP contribution in [0, 0.1) is 0 Å². The van der Waals surface area contributed by atoms with Crippen LogP contribution < -0.4 is 14.8 Å². The highest BCUT2D eigenvalue weighted by Crippen LogP contribution is 2.31. The molecular formula is C15H18N2O4S. The Morgan fingerprint density at radius 3 is 2.95 bits per heavy atom. The summed E-state index contributed by atoms with van der Waals surface area (Å²) < 4.78 is 11.0. The van der Waals surface area contributed by atoms with Gasteiger partial charge in [-0.3, -0.25) is 4.79 Å². The number of methoxy groups -OCH3 is 1. The number of hydrogen-bond donors (Lipinski definition) is 2. The molecule has 118 valence electrons. The number of carbonyl (C=O) groups is 1. The van der Waals surface area contributed by atoms with E-state index in [0.717, 1.165) is 5.56 Å². The predicted octanol–water partition coefficient (Wildman–Crippen LogP) is 2.79. The molecule has 0 atom stereocenters. The van der Waals surface area contributed by atoms with Crippen LogP contribution in [0.2, 0.25) is 0 Å². The number of ether oxygens (including phenoxy) is 2. The molecule has 7 heteroatoms. The zero-order chi connectivity index (χ0) is 15.9. The van der Waals surface area contributed by atoms with Crippen molar-refractivity contribution in [3.63, 3.8) is 0 Å². The average Bonchev–Trinajstić information content (AvgIpc) is 2.93. The van der Waals surface area contributed by atoms with E-state index in [0.29, 0.717) is 35.5 Å². The van der Waals surface area contributed by atoms with Crippen LogP contribution in [0.4, 0.5) is 5.13 Å². The molecule has 0 bridgehead atoms. The number of aromatic nitrogens is 1. The largest absolute Gasteiger partial charge is 0.493 e. The molecule has 0 saturated heterocycles. The summed E-state index contributed by atoms with van der Waals surface area (Å²) >= 11 is 1.38. The zero-order valence-corrected chi connectivity index (χ0v) is 13.3. The number of para-hydroxylation sites is 1. The molecule has 22 heavy (non-hydrogen) atoms. The molecule has 6 nitrogen and oxygen atoms in total. The van der Waals surface area contributed by atoms with Crippen LogP contribution >= 0.6 is 11.3 Å². The summed E-state index contributed by atoms with van der Waals surface area (Å²) in [4.78, 5) is 14.9. The van der Waals surface area contributed by atoms with Gasteiger partial charge < -0.3 is 19.9 Å². The molecule has 0 aliphatic rings. The summed E-state index contributed by atoms with van der Waals surface area (Å²) in [5.74, 6) is 0.512. The van der Waals surface area contributed by atoms with E-state index in [1.54, 1.807) is 12.5 Å². The summed E-state index contributed by atoms with van der Waals surface area (Å²) in [5, 5.41) is 14.4. The molecule has 2 aromatic rings. The molecule has 2 rings (SSSR count). The number of aliphatic carboxylic acids is 1. The van der Waals surface area contributed by atoms with Gasteiger partial charge in [0.15, 0.2) is 16.6 Å². The molecule has 0 saturated carbocycles. The van der Waals surface area contributed by atoms with Crippen molar-refractivity contribution >= 4 is 22.4 Å². The quantitative estimate of drug-likeness (QED) is 0.778. The van der Waals surface area contributed by atoms with Gasteiger partial charge in [-0.2, -0.15) is 0 Å². The van der Waals surface area contributed by atoms with Gasteiger partial charge in [-0.15, -0.1) is 11.3 Å². The summed E-state index contributed by atoms with van der Waals surface area (Å²) in [6.45, 7) is 2.99. The Morgan fingerprint density at radius 1 is 1.45 bits per heavy atom. The van der Waals surface area contributed by atoms with E-state index in [1.165, 1.54) is 11.3 Å². The minimum absolute atomic E-state index is 0.0679. The van der Waals surface area contributed by atoms with Crippen molar-refractivity contribution in [2.24, 2.45) is 0 Å². The van der Waals surface area contributed by atoms with Gasteiger partial charge in [-0.05, 0) is 13.0 Å². The zero-order valence-electron chi connectivity index (χ0n) is 12.5. The molecule has 0 radical (unpaired) electrons. The van der Waals surface area contributed by atoms with Gasteiger partial charge in [0.25, 0.3) is 0 Å². The normalized spacial score (nSPS) is 10.3. The van der Waals surface area contributed by atoms with Gasteiger partial charge in [-0.1, -0.05) is 12.1 Å². The van der Waals surface area contributed by atoms with Crippen molar-refractivity contribution in [2.45, 2.75) is 19.9 Å². The number of thiazole rings is 1. The number of rotatable bonds is 8. The topological polar surface area (TPSA) is 80.7 Å². The van der Waals surface area contributed by atoms with Crippen LogP contribution in [0.15, 0.2) is 23.6 Å². The number of anilines is 1. The molecule has 1 aromatic heterocycles. The fourth-order valence-corrected chi connectivity index (χ4v) is 2.67. The first-order valence-corrected chi connectivity index (χ1v) is 7.70. The van der Waals surface area contributed by atoms with Crippen molar-refractivity contribution in [1.29, 1.82) is 0 Å². The highest BCUT2D eigenvalue weighted by Gasteiger charge is 2.11. The van der Waals surface area contributed by atoms with Gasteiger partial charge in [-0.25, -0.2) is 4.98 Å². The lowest BCUT2D eigenvalue weighted by molar-refractivity contribution is -0.136. The standard InChI is InChI=1S/C15H18N2O4S/c1-3-21-14-10(5-4-6-12(14)20-2)8-16-15-17-11(9-22-15)7-13(18)19/h4-6,9H,3,7-8H2,1-2H3,(H,16,17)(H,18,19). The molecule has 1 heterocycles. The Hall–Kier alpha value is -2.28. The second-order valence-electron chi connectivity index (χ2n) is 4.45. The lowest BCUT2D eigenvalue weighted by Gasteiger charge is -2.14. The first-order valence-electron chi connectivity index (χ1n) is 6.82. The SMILES string of the molecule is CCOc1c(CNc2nc(CC(=O)O)cs2)cccc1OC. The molecule has 2 N–H and O–H groups in total. The summed E-state index contributed by atoms with van der Waals surface area (Å²) in [5.41, 5.74) is 1.51. The molecule has 0 aliphatic heterocycles. The van der Waals surface area contributed by atoms with Crippen molar-refractivity contribution in [3.05, 3.63) is 34.8 Å². The number of benzene rings is 1. The lowest BCUT2D eigenvalue weighted by atomic mass is 10.2. The number of hydrogen-bond acceptors (Lipinski definition) is 6. The molecule has 1 aromatic carbocycles. The third-order valence-corrected chi connectivity index (χ3v) is 3.73. The number of nitrogens with zero attached hydrogens (tertiary/aromatic N) is 1. The van der Waals surface area contributed by atoms with Crippen LogP contribution in [0.25, 0.3) is 0 Å². The van der Waals surface area contributed by atoms with Gasteiger partial charge in [0, 0.05) is 17.5 Å². The van der Waals surface area contributed by atoms with Crippen molar-refractivity contribution in [3.8, 4) is 11.5 Å². The third-order valence-electron chi connectivity index (χ3n) is 2.88. The van der Waals surface area contributed by atoms with Crippen molar-refractivity contribution in [2.75, 3.05) is 19.0 Å². The highest BCUT2D eigenvalue weighted by atomic mass is 32.1. The summed E-state index contributed by atoms with van der Waals surface area (Å²) in [6, 6.07) is 5.70. The van der Waals surface area contributed by atoms with Gasteiger partial charge in [0.05, 0.1) is 25.8 Å². The smallest absolute Gasteiger partial charge is 0.309 e. The maximum Gasteiger partial charge on any atom is 0.309 e. The Balaban J connectivity index is 2.07. The fourth-order valence-electron chi connectivity index (χ4n) is 1.96. The maximum atomic E-state index is 10.7. The Kier molecular flexibility index (Phi) is 5.60. The third kappa shape index (κ3) is 4.11. The highest BCUT2D eigenvalue weighted by molar-refractivity contribution is 7.13. The summed E-state index contributed by atoms with van der Waals surface area (Å²) in [6.07, 6.45) is -0.0679. The molecule has 0 aliphatic carbocycles. The molecule has 0 unspecified atom stereocenters. The van der Waals surface area contributed by atoms with E-state index in [4.69, 9.17) is 14.6 Å². The van der Waals surface area contributed by atoms with E-state index in [1.807, 2.05) is 25.1 Å². The second-order valence-corrected chi connectivity index (χ2v) is 5.31. The van der Waals surface area contributed by atoms with Gasteiger partial charge >= 0.3 is 5.97 Å². The first-order chi connectivity index (χ1) is 10.6. The van der Waals surface area contributed by atoms with E-state index >= 15 is 0 Å². The second kappa shape index (κ2) is 7.65. The summed E-state index contributed by atoms with van der Waals surface area (Å²) in [7, 11) is 1.61. The van der Waals surface area contributed by atoms with Crippen LogP contribution in [-0.2, 0) is 17.8 Å². The first kappa shape index (κ1) is 16.1. The Morgan fingerprint density at radius 2 is 2.27 bits per heavy atom. The van der Waals surface area contributed by atoms with E-state index in [-0.39, 0.29) is 6.42 Å². The Bertz CT molecular complexity index is 642. The van der Waals surface area contributed by atoms with Crippen LogP contribution in [0.1, 0.15) is 18.2 Å². The number of carboxylic acid groups (broad SMARTS) is 1. The fraction of sp³-hybridized carbons (Fsp3) is 0.333. The minimum Gasteiger partial charge on any atom is -0.493 e. The number of carboxylic acids is 1. The monoisotopic (exact) mass is 322 g/mol. The van der Waals surface area contributed by atoms with Crippen molar-refractivity contribution < 1.29 is 19.4 Å². The lowest BCUT2D eigenvalue weighted by Crippen LogP contribution is -2.05. The molecule has 0 spiro atoms. The van der Waals surface area contributed by atoms with Crippen molar-refractivity contribution in [1.82, 2.24) is 4.98 Å². The number of nitrogens with one attached hydrogen (secondary N) is 1.